The minimum Gasteiger partial charge on any atom is -0.491 e. The Balaban J connectivity index is 1.54. The van der Waals surface area contributed by atoms with Crippen LogP contribution in [-0.2, 0) is 0 Å². The lowest BCUT2D eigenvalue weighted by Gasteiger charge is -2.27. The van der Waals surface area contributed by atoms with Crippen molar-refractivity contribution < 1.29 is 14.2 Å². The lowest BCUT2D eigenvalue weighted by atomic mass is 10.0. The molecule has 1 aliphatic rings. The zero-order valence-electron chi connectivity index (χ0n) is 13.1. The molecule has 122 valence electrons. The minimum absolute atomic E-state index is 0.213. The minimum atomic E-state index is -0.545. The molecule has 1 fully saturated rings. The molecular formula is C19H22FNO2. The molecule has 2 aromatic rings. The van der Waals surface area contributed by atoms with Crippen LogP contribution in [0.4, 0.5) is 4.39 Å². The molecular weight excluding hydrogens is 293 g/mol. The second kappa shape index (κ2) is 7.57. The van der Waals surface area contributed by atoms with E-state index in [-0.39, 0.29) is 18.5 Å². The van der Waals surface area contributed by atoms with Gasteiger partial charge in [-0.2, -0.15) is 0 Å². The molecule has 23 heavy (non-hydrogen) atoms. The molecule has 2 aromatic carbocycles. The van der Waals surface area contributed by atoms with Gasteiger partial charge >= 0.3 is 0 Å². The molecule has 0 radical (unpaired) electrons. The fraction of sp³-hybridized carbons (Fsp3) is 0.368. The van der Waals surface area contributed by atoms with Gasteiger partial charge in [0.1, 0.15) is 24.3 Å². The zero-order chi connectivity index (χ0) is 16.1. The van der Waals surface area contributed by atoms with Gasteiger partial charge in [-0.25, -0.2) is 4.39 Å². The first-order valence-corrected chi connectivity index (χ1v) is 8.08. The van der Waals surface area contributed by atoms with Crippen LogP contribution < -0.4 is 4.74 Å². The summed E-state index contributed by atoms with van der Waals surface area (Å²) in [6.45, 7) is 1.79. The van der Waals surface area contributed by atoms with Crippen LogP contribution in [0.5, 0.6) is 5.75 Å². The topological polar surface area (TPSA) is 32.7 Å². The monoisotopic (exact) mass is 315 g/mol. The second-order valence-electron chi connectivity index (χ2n) is 5.98. The largest absolute Gasteiger partial charge is 0.491 e. The summed E-state index contributed by atoms with van der Waals surface area (Å²) in [5.41, 5.74) is 1.11. The predicted octanol–water partition coefficient (Wildman–Crippen LogP) is 3.40. The van der Waals surface area contributed by atoms with E-state index in [4.69, 9.17) is 4.74 Å². The second-order valence-corrected chi connectivity index (χ2v) is 5.98. The fourth-order valence-corrected chi connectivity index (χ4v) is 3.14. The summed E-state index contributed by atoms with van der Waals surface area (Å²) in [6.07, 6.45) is 1.59. The van der Waals surface area contributed by atoms with Crippen molar-refractivity contribution in [2.75, 3.05) is 19.7 Å². The first-order valence-electron chi connectivity index (χ1n) is 8.08. The first kappa shape index (κ1) is 16.0. The number of ether oxygens (including phenoxy) is 1. The number of halogens is 1. The Labute approximate surface area is 136 Å². The molecule has 0 aliphatic carbocycles. The number of likely N-dealkylation sites (tertiary alicyclic amines) is 1. The highest BCUT2D eigenvalue weighted by Crippen LogP contribution is 2.31. The molecule has 1 N–H and O–H groups in total. The van der Waals surface area contributed by atoms with E-state index in [1.165, 1.54) is 12.1 Å². The first-order chi connectivity index (χ1) is 11.2. The average molecular weight is 315 g/mol. The Hall–Kier alpha value is -1.91. The maximum atomic E-state index is 13.1. The number of para-hydroxylation sites is 1. The Kier molecular flexibility index (Phi) is 5.26. The maximum absolute atomic E-state index is 13.1. The van der Waals surface area contributed by atoms with Gasteiger partial charge < -0.3 is 9.84 Å². The molecule has 1 aliphatic heterocycles. The number of nitrogens with zero attached hydrogens (tertiary/aromatic N) is 1. The van der Waals surface area contributed by atoms with E-state index in [9.17, 15) is 9.50 Å². The third-order valence-electron chi connectivity index (χ3n) is 4.25. The summed E-state index contributed by atoms with van der Waals surface area (Å²) in [5, 5.41) is 10.3. The third kappa shape index (κ3) is 4.30. The standard InChI is InChI=1S/C19H22FNO2/c20-16-10-8-15(9-11-16)19-7-4-12-21(19)13-17(22)14-23-18-5-2-1-3-6-18/h1-3,5-6,8-11,17,19,22H,4,7,12-14H2. The highest BCUT2D eigenvalue weighted by molar-refractivity contribution is 5.22. The Morgan fingerprint density at radius 2 is 1.87 bits per heavy atom. The van der Waals surface area contributed by atoms with E-state index in [0.29, 0.717) is 6.54 Å². The zero-order valence-corrected chi connectivity index (χ0v) is 13.1. The quantitative estimate of drug-likeness (QED) is 0.887. The predicted molar refractivity (Wildman–Crippen MR) is 87.9 cm³/mol. The van der Waals surface area contributed by atoms with Gasteiger partial charge in [0.15, 0.2) is 0 Å². The average Bonchev–Trinajstić information content (AvgIpc) is 3.03. The number of rotatable bonds is 6. The van der Waals surface area contributed by atoms with Gasteiger partial charge in [0.2, 0.25) is 0 Å². The van der Waals surface area contributed by atoms with Gasteiger partial charge in [-0.3, -0.25) is 4.90 Å². The van der Waals surface area contributed by atoms with E-state index in [0.717, 1.165) is 30.7 Å². The van der Waals surface area contributed by atoms with E-state index >= 15 is 0 Å². The molecule has 0 amide bonds. The van der Waals surface area contributed by atoms with Gasteiger partial charge in [-0.15, -0.1) is 0 Å². The van der Waals surface area contributed by atoms with Crippen molar-refractivity contribution in [1.82, 2.24) is 4.90 Å². The SMILES string of the molecule is OC(COc1ccccc1)CN1CCCC1c1ccc(F)cc1. The smallest absolute Gasteiger partial charge is 0.123 e. The van der Waals surface area contributed by atoms with Crippen LogP contribution >= 0.6 is 0 Å². The Morgan fingerprint density at radius 3 is 2.61 bits per heavy atom. The van der Waals surface area contributed by atoms with Gasteiger partial charge in [-0.05, 0) is 49.2 Å². The molecule has 4 heteroatoms. The van der Waals surface area contributed by atoms with Crippen molar-refractivity contribution in [3.05, 3.63) is 66.0 Å². The van der Waals surface area contributed by atoms with Crippen LogP contribution in [-0.4, -0.2) is 35.8 Å². The number of hydrogen-bond donors (Lipinski definition) is 1. The van der Waals surface area contributed by atoms with E-state index in [1.807, 2.05) is 42.5 Å². The summed E-state index contributed by atoms with van der Waals surface area (Å²) in [5.74, 6) is 0.553. The fourth-order valence-electron chi connectivity index (χ4n) is 3.14. The molecule has 3 nitrogen and oxygen atoms in total. The van der Waals surface area contributed by atoms with Crippen LogP contribution in [0.25, 0.3) is 0 Å². The van der Waals surface area contributed by atoms with E-state index < -0.39 is 6.10 Å². The summed E-state index contributed by atoms with van der Waals surface area (Å²) in [4.78, 5) is 2.26. The lowest BCUT2D eigenvalue weighted by molar-refractivity contribution is 0.0638. The summed E-state index contributed by atoms with van der Waals surface area (Å²) in [6, 6.07) is 16.4. The van der Waals surface area contributed by atoms with Gasteiger partial charge in [-0.1, -0.05) is 30.3 Å². The lowest BCUT2D eigenvalue weighted by Crippen LogP contribution is -2.35. The number of benzene rings is 2. The maximum Gasteiger partial charge on any atom is 0.123 e. The number of hydrogen-bond acceptors (Lipinski definition) is 3. The molecule has 1 heterocycles. The van der Waals surface area contributed by atoms with Crippen LogP contribution in [0.3, 0.4) is 0 Å². The third-order valence-corrected chi connectivity index (χ3v) is 4.25. The molecule has 2 atom stereocenters. The molecule has 3 rings (SSSR count). The van der Waals surface area contributed by atoms with Gasteiger partial charge in [0.25, 0.3) is 0 Å². The normalized spacial score (nSPS) is 19.7. The molecule has 1 saturated heterocycles. The van der Waals surface area contributed by atoms with E-state index in [1.54, 1.807) is 0 Å². The molecule has 0 bridgehead atoms. The molecule has 2 unspecified atom stereocenters. The van der Waals surface area contributed by atoms with Crippen molar-refractivity contribution in [2.24, 2.45) is 0 Å². The van der Waals surface area contributed by atoms with Crippen LogP contribution in [0.15, 0.2) is 54.6 Å². The van der Waals surface area contributed by atoms with Crippen LogP contribution in [0, 0.1) is 5.82 Å². The van der Waals surface area contributed by atoms with Crippen molar-refractivity contribution in [3.63, 3.8) is 0 Å². The Bertz CT molecular complexity index is 603. The van der Waals surface area contributed by atoms with Crippen LogP contribution in [0.2, 0.25) is 0 Å². The number of aliphatic hydroxyl groups excluding tert-OH is 1. The summed E-state index contributed by atoms with van der Waals surface area (Å²) in [7, 11) is 0. The van der Waals surface area contributed by atoms with Crippen molar-refractivity contribution in [1.29, 1.82) is 0 Å². The van der Waals surface area contributed by atoms with Crippen molar-refractivity contribution in [3.8, 4) is 5.75 Å². The highest BCUT2D eigenvalue weighted by Gasteiger charge is 2.27. The van der Waals surface area contributed by atoms with E-state index in [2.05, 4.69) is 4.90 Å². The highest BCUT2D eigenvalue weighted by atomic mass is 19.1. The van der Waals surface area contributed by atoms with Crippen molar-refractivity contribution in [2.45, 2.75) is 25.0 Å². The summed E-state index contributed by atoms with van der Waals surface area (Å²) >= 11 is 0. The van der Waals surface area contributed by atoms with Crippen LogP contribution in [0.1, 0.15) is 24.4 Å². The molecule has 0 aromatic heterocycles. The molecule has 0 saturated carbocycles. The molecule has 0 spiro atoms. The number of β-amino-alcohol motifs (C(OH)–C–C–N with tert-alkyl or cyclic N) is 1. The van der Waals surface area contributed by atoms with Gasteiger partial charge in [0, 0.05) is 12.6 Å². The van der Waals surface area contributed by atoms with Gasteiger partial charge in [0.05, 0.1) is 0 Å². The number of aliphatic hydroxyl groups is 1. The van der Waals surface area contributed by atoms with Crippen molar-refractivity contribution >= 4 is 0 Å². The Morgan fingerprint density at radius 1 is 1.13 bits per heavy atom. The summed E-state index contributed by atoms with van der Waals surface area (Å²) < 4.78 is 18.7.